The minimum atomic E-state index is -0.131. The number of nitrogens with zero attached hydrogens (tertiary/aromatic N) is 3. The number of likely N-dealkylation sites (tertiary alicyclic amines) is 1. The van der Waals surface area contributed by atoms with E-state index in [9.17, 15) is 5.11 Å². The molecular formula is C10H17N3O. The van der Waals surface area contributed by atoms with Crippen molar-refractivity contribution in [3.05, 3.63) is 18.2 Å². The van der Waals surface area contributed by atoms with Crippen LogP contribution in [-0.4, -0.2) is 38.8 Å². The molecule has 1 N–H and O–H groups in total. The molecule has 4 heteroatoms. The van der Waals surface area contributed by atoms with Gasteiger partial charge in [-0.15, -0.1) is 0 Å². The van der Waals surface area contributed by atoms with Gasteiger partial charge in [-0.1, -0.05) is 0 Å². The second-order valence-corrected chi connectivity index (χ2v) is 3.85. The maximum atomic E-state index is 9.39. The minimum absolute atomic E-state index is 0.131. The zero-order valence-corrected chi connectivity index (χ0v) is 8.56. The van der Waals surface area contributed by atoms with Crippen LogP contribution in [0.3, 0.4) is 0 Å². The number of aliphatic hydroxyl groups excluding tert-OH is 1. The maximum Gasteiger partial charge on any atom is 0.0948 e. The summed E-state index contributed by atoms with van der Waals surface area (Å²) in [5.41, 5.74) is 1.24. The highest BCUT2D eigenvalue weighted by molar-refractivity contribution is 4.99. The second-order valence-electron chi connectivity index (χ2n) is 3.85. The molecule has 4 nitrogen and oxygen atoms in total. The number of β-amino-alcohol motifs (C(OH)–C–C–N with tert-alkyl or cyclic N) is 1. The Morgan fingerprint density at radius 3 is 3.14 bits per heavy atom. The fraction of sp³-hybridized carbons (Fsp3) is 0.700. The predicted molar refractivity (Wildman–Crippen MR) is 53.8 cm³/mol. The number of aromatic nitrogens is 2. The van der Waals surface area contributed by atoms with Gasteiger partial charge in [0.1, 0.15) is 0 Å². The summed E-state index contributed by atoms with van der Waals surface area (Å²) >= 11 is 0. The molecule has 0 saturated carbocycles. The third kappa shape index (κ3) is 1.96. The average molecular weight is 195 g/mol. The summed E-state index contributed by atoms with van der Waals surface area (Å²) in [5, 5.41) is 9.39. The third-order valence-corrected chi connectivity index (χ3v) is 2.77. The lowest BCUT2D eigenvalue weighted by Crippen LogP contribution is -2.22. The summed E-state index contributed by atoms with van der Waals surface area (Å²) in [4.78, 5) is 6.40. The van der Waals surface area contributed by atoms with Gasteiger partial charge in [-0.25, -0.2) is 4.98 Å². The lowest BCUT2D eigenvalue weighted by atomic mass is 10.3. The Morgan fingerprint density at radius 2 is 2.50 bits per heavy atom. The van der Waals surface area contributed by atoms with Crippen molar-refractivity contribution in [2.45, 2.75) is 32.5 Å². The molecular weight excluding hydrogens is 178 g/mol. The monoisotopic (exact) mass is 195 g/mol. The van der Waals surface area contributed by atoms with Crippen molar-refractivity contribution in [3.63, 3.8) is 0 Å². The fourth-order valence-corrected chi connectivity index (χ4v) is 1.95. The molecule has 0 unspecified atom stereocenters. The van der Waals surface area contributed by atoms with Gasteiger partial charge in [0.2, 0.25) is 0 Å². The summed E-state index contributed by atoms with van der Waals surface area (Å²) in [6.07, 6.45) is 4.55. The average Bonchev–Trinajstić information content (AvgIpc) is 2.76. The number of hydrogen-bond acceptors (Lipinski definition) is 3. The van der Waals surface area contributed by atoms with Gasteiger partial charge in [0, 0.05) is 32.4 Å². The van der Waals surface area contributed by atoms with Crippen LogP contribution in [0.1, 0.15) is 19.0 Å². The van der Waals surface area contributed by atoms with Gasteiger partial charge in [-0.3, -0.25) is 4.90 Å². The van der Waals surface area contributed by atoms with Gasteiger partial charge < -0.3 is 9.67 Å². The number of rotatable bonds is 3. The Balaban J connectivity index is 1.97. The Hall–Kier alpha value is -0.870. The summed E-state index contributed by atoms with van der Waals surface area (Å²) in [6.45, 7) is 5.78. The second kappa shape index (κ2) is 4.11. The largest absolute Gasteiger partial charge is 0.392 e. The SMILES string of the molecule is CCn1cncc1CN1CC[C@@H](O)C1. The number of aliphatic hydroxyl groups is 1. The van der Waals surface area contributed by atoms with Crippen LogP contribution in [0.5, 0.6) is 0 Å². The Kier molecular flexibility index (Phi) is 2.84. The molecule has 1 aliphatic heterocycles. The topological polar surface area (TPSA) is 41.3 Å². The lowest BCUT2D eigenvalue weighted by molar-refractivity contribution is 0.174. The molecule has 0 amide bonds. The van der Waals surface area contributed by atoms with Crippen LogP contribution in [-0.2, 0) is 13.1 Å². The van der Waals surface area contributed by atoms with Gasteiger partial charge in [-0.2, -0.15) is 0 Å². The van der Waals surface area contributed by atoms with E-state index in [2.05, 4.69) is 21.4 Å². The van der Waals surface area contributed by atoms with Crippen LogP contribution in [0, 0.1) is 0 Å². The maximum absolute atomic E-state index is 9.39. The molecule has 0 spiro atoms. The molecule has 2 heterocycles. The molecule has 78 valence electrons. The van der Waals surface area contributed by atoms with E-state index < -0.39 is 0 Å². The first kappa shape index (κ1) is 9.68. The molecule has 1 aromatic rings. The summed E-state index contributed by atoms with van der Waals surface area (Å²) < 4.78 is 2.14. The van der Waals surface area contributed by atoms with Gasteiger partial charge in [-0.05, 0) is 13.3 Å². The minimum Gasteiger partial charge on any atom is -0.392 e. The van der Waals surface area contributed by atoms with Crippen LogP contribution in [0.2, 0.25) is 0 Å². The van der Waals surface area contributed by atoms with Crippen molar-refractivity contribution >= 4 is 0 Å². The molecule has 0 radical (unpaired) electrons. The van der Waals surface area contributed by atoms with Crippen LogP contribution >= 0.6 is 0 Å². The van der Waals surface area contributed by atoms with Crippen molar-refractivity contribution in [2.75, 3.05) is 13.1 Å². The van der Waals surface area contributed by atoms with E-state index in [1.807, 2.05) is 12.5 Å². The number of aryl methyl sites for hydroxylation is 1. The molecule has 1 aromatic heterocycles. The van der Waals surface area contributed by atoms with Crippen LogP contribution in [0.15, 0.2) is 12.5 Å². The molecule has 14 heavy (non-hydrogen) atoms. The van der Waals surface area contributed by atoms with Crippen molar-refractivity contribution < 1.29 is 5.11 Å². The lowest BCUT2D eigenvalue weighted by Gasteiger charge is -2.15. The van der Waals surface area contributed by atoms with E-state index in [4.69, 9.17) is 0 Å². The fourth-order valence-electron chi connectivity index (χ4n) is 1.95. The molecule has 0 aliphatic carbocycles. The Bertz CT molecular complexity index is 297. The molecule has 2 rings (SSSR count). The van der Waals surface area contributed by atoms with Crippen molar-refractivity contribution in [2.24, 2.45) is 0 Å². The highest BCUT2D eigenvalue weighted by Gasteiger charge is 2.20. The van der Waals surface area contributed by atoms with E-state index in [0.29, 0.717) is 0 Å². The quantitative estimate of drug-likeness (QED) is 0.762. The van der Waals surface area contributed by atoms with Gasteiger partial charge in [0.05, 0.1) is 18.1 Å². The van der Waals surface area contributed by atoms with Crippen LogP contribution in [0.4, 0.5) is 0 Å². The Labute approximate surface area is 84.2 Å². The number of imidazole rings is 1. The molecule has 1 atom stereocenters. The highest BCUT2D eigenvalue weighted by Crippen LogP contribution is 2.12. The van der Waals surface area contributed by atoms with E-state index in [1.54, 1.807) is 0 Å². The van der Waals surface area contributed by atoms with Crippen molar-refractivity contribution in [3.8, 4) is 0 Å². The van der Waals surface area contributed by atoms with E-state index in [0.717, 1.165) is 32.6 Å². The number of hydrogen-bond donors (Lipinski definition) is 1. The third-order valence-electron chi connectivity index (χ3n) is 2.77. The molecule has 0 aromatic carbocycles. The standard InChI is InChI=1S/C10H17N3O/c1-2-13-8-11-5-9(13)6-12-4-3-10(14)7-12/h5,8,10,14H,2-4,6-7H2,1H3/t10-/m1/s1. The van der Waals surface area contributed by atoms with Crippen LogP contribution < -0.4 is 0 Å². The molecule has 0 bridgehead atoms. The smallest absolute Gasteiger partial charge is 0.0948 e. The first-order chi connectivity index (χ1) is 6.79. The van der Waals surface area contributed by atoms with Crippen LogP contribution in [0.25, 0.3) is 0 Å². The molecule has 1 aliphatic rings. The van der Waals surface area contributed by atoms with Crippen molar-refractivity contribution in [1.29, 1.82) is 0 Å². The Morgan fingerprint density at radius 1 is 1.64 bits per heavy atom. The molecule has 1 fully saturated rings. The van der Waals surface area contributed by atoms with Gasteiger partial charge in [0.15, 0.2) is 0 Å². The zero-order valence-electron chi connectivity index (χ0n) is 8.56. The first-order valence-corrected chi connectivity index (χ1v) is 5.19. The van der Waals surface area contributed by atoms with Crippen molar-refractivity contribution in [1.82, 2.24) is 14.5 Å². The van der Waals surface area contributed by atoms with Gasteiger partial charge >= 0.3 is 0 Å². The van der Waals surface area contributed by atoms with E-state index in [-0.39, 0.29) is 6.10 Å². The normalized spacial score (nSPS) is 23.1. The summed E-state index contributed by atoms with van der Waals surface area (Å²) in [5.74, 6) is 0. The zero-order chi connectivity index (χ0) is 9.97. The summed E-state index contributed by atoms with van der Waals surface area (Å²) in [6, 6.07) is 0. The van der Waals surface area contributed by atoms with E-state index >= 15 is 0 Å². The highest BCUT2D eigenvalue weighted by atomic mass is 16.3. The van der Waals surface area contributed by atoms with Gasteiger partial charge in [0.25, 0.3) is 0 Å². The predicted octanol–water partition coefficient (Wildman–Crippen LogP) is 0.470. The molecule has 1 saturated heterocycles. The summed E-state index contributed by atoms with van der Waals surface area (Å²) in [7, 11) is 0. The first-order valence-electron chi connectivity index (χ1n) is 5.19. The van der Waals surface area contributed by atoms with E-state index in [1.165, 1.54) is 5.69 Å².